The Labute approximate surface area is 211 Å². The Bertz CT molecular complexity index is 1320. The molecule has 2 aromatic heterocycles. The molecule has 3 N–H and O–H groups in total. The fourth-order valence-electron chi connectivity index (χ4n) is 4.22. The summed E-state index contributed by atoms with van der Waals surface area (Å²) >= 11 is 0. The molecule has 0 aliphatic rings. The molecule has 0 saturated carbocycles. The third-order valence-corrected chi connectivity index (χ3v) is 6.00. The number of anilines is 2. The number of benzene rings is 2. The summed E-state index contributed by atoms with van der Waals surface area (Å²) in [6.07, 6.45) is 3.95. The number of rotatable bonds is 10. The summed E-state index contributed by atoms with van der Waals surface area (Å²) in [6.45, 7) is 6.56. The number of methoxy groups -OCH3 is 1. The molecule has 1 unspecified atom stereocenters. The zero-order chi connectivity index (χ0) is 25.7. The number of carboxylic acid groups (broad SMARTS) is 1. The van der Waals surface area contributed by atoms with Crippen molar-refractivity contribution in [2.24, 2.45) is 0 Å². The van der Waals surface area contributed by atoms with Gasteiger partial charge in [0.25, 0.3) is 0 Å². The fourth-order valence-corrected chi connectivity index (χ4v) is 4.22. The lowest BCUT2D eigenvalue weighted by Gasteiger charge is -2.20. The fraction of sp³-hybridized carbons (Fsp3) is 0.250. The van der Waals surface area contributed by atoms with Crippen molar-refractivity contribution in [3.63, 3.8) is 0 Å². The highest BCUT2D eigenvalue weighted by Crippen LogP contribution is 2.24. The number of aromatic nitrogens is 3. The number of carbonyl (C=O) groups is 1. The molecule has 2 heterocycles. The second kappa shape index (κ2) is 10.9. The largest absolute Gasteiger partial charge is 0.497 e. The molecule has 0 radical (unpaired) electrons. The smallest absolute Gasteiger partial charge is 0.326 e. The van der Waals surface area contributed by atoms with E-state index in [1.165, 1.54) is 0 Å². The van der Waals surface area contributed by atoms with Crippen molar-refractivity contribution in [2.45, 2.75) is 39.8 Å². The molecular weight excluding hydrogens is 454 g/mol. The summed E-state index contributed by atoms with van der Waals surface area (Å²) in [5.74, 6) is 0.571. The van der Waals surface area contributed by atoms with Gasteiger partial charge in [-0.15, -0.1) is 0 Å². The zero-order valence-electron chi connectivity index (χ0n) is 20.9. The van der Waals surface area contributed by atoms with Gasteiger partial charge in [0.15, 0.2) is 0 Å². The van der Waals surface area contributed by atoms with E-state index in [1.807, 2.05) is 63.4 Å². The average molecular weight is 486 g/mol. The molecule has 0 aliphatic heterocycles. The SMILES string of the molecule is COc1ccnc(NCc2ccn(-c3ccc(CC(Nc4c(C)cc(C)cc4C)C(=O)O)cc3)n2)c1. The maximum atomic E-state index is 12.0. The first-order valence-electron chi connectivity index (χ1n) is 11.8. The second-order valence-corrected chi connectivity index (χ2v) is 8.87. The summed E-state index contributed by atoms with van der Waals surface area (Å²) < 4.78 is 7.02. The Balaban J connectivity index is 1.40. The van der Waals surface area contributed by atoms with Crippen LogP contribution in [-0.2, 0) is 17.8 Å². The topological polar surface area (TPSA) is 101 Å². The van der Waals surface area contributed by atoms with Crippen molar-refractivity contribution in [1.29, 1.82) is 0 Å². The molecule has 0 aliphatic carbocycles. The summed E-state index contributed by atoms with van der Waals surface area (Å²) in [4.78, 5) is 16.3. The first kappa shape index (κ1) is 24.8. The Hall–Kier alpha value is -4.33. The van der Waals surface area contributed by atoms with Crippen molar-refractivity contribution < 1.29 is 14.6 Å². The molecule has 0 saturated heterocycles. The minimum Gasteiger partial charge on any atom is -0.497 e. The Morgan fingerprint density at radius 3 is 2.44 bits per heavy atom. The Kier molecular flexibility index (Phi) is 7.53. The van der Waals surface area contributed by atoms with Crippen LogP contribution in [0.25, 0.3) is 5.69 Å². The lowest BCUT2D eigenvalue weighted by molar-refractivity contribution is -0.137. The molecule has 4 aromatic rings. The number of hydrogen-bond donors (Lipinski definition) is 3. The van der Waals surface area contributed by atoms with Gasteiger partial charge in [0.05, 0.1) is 25.0 Å². The molecule has 2 aromatic carbocycles. The van der Waals surface area contributed by atoms with Gasteiger partial charge in [-0.05, 0) is 61.7 Å². The normalized spacial score (nSPS) is 11.7. The number of aliphatic carboxylic acids is 1. The van der Waals surface area contributed by atoms with Gasteiger partial charge in [0.2, 0.25) is 0 Å². The van der Waals surface area contributed by atoms with Crippen molar-refractivity contribution >= 4 is 17.5 Å². The molecular formula is C28H31N5O3. The summed E-state index contributed by atoms with van der Waals surface area (Å²) in [5, 5.41) is 20.9. The summed E-state index contributed by atoms with van der Waals surface area (Å²) in [6, 6.07) is 16.7. The van der Waals surface area contributed by atoms with Gasteiger partial charge in [-0.3, -0.25) is 0 Å². The Morgan fingerprint density at radius 2 is 1.78 bits per heavy atom. The lowest BCUT2D eigenvalue weighted by Crippen LogP contribution is -2.32. The highest BCUT2D eigenvalue weighted by Gasteiger charge is 2.20. The second-order valence-electron chi connectivity index (χ2n) is 8.87. The van der Waals surface area contributed by atoms with Crippen LogP contribution in [-0.4, -0.2) is 39.0 Å². The van der Waals surface area contributed by atoms with E-state index >= 15 is 0 Å². The van der Waals surface area contributed by atoms with E-state index in [9.17, 15) is 9.90 Å². The standard InChI is InChI=1S/C28H31N5O3/c1-18-13-19(2)27(20(3)14-18)31-25(28(34)35)15-21-5-7-23(8-6-21)33-12-10-22(32-33)17-30-26-16-24(36-4)9-11-29-26/h5-14,16,25,31H,15,17H2,1-4H3,(H,29,30)(H,34,35). The number of hydrogen-bond acceptors (Lipinski definition) is 6. The quantitative estimate of drug-likeness (QED) is 0.293. The molecule has 0 bridgehead atoms. The number of nitrogens with one attached hydrogen (secondary N) is 2. The number of carboxylic acids is 1. The number of nitrogens with zero attached hydrogens (tertiary/aromatic N) is 3. The molecule has 4 rings (SSSR count). The van der Waals surface area contributed by atoms with Gasteiger partial charge >= 0.3 is 5.97 Å². The van der Waals surface area contributed by atoms with Gasteiger partial charge in [-0.2, -0.15) is 5.10 Å². The van der Waals surface area contributed by atoms with E-state index in [0.717, 1.165) is 45.1 Å². The third-order valence-electron chi connectivity index (χ3n) is 6.00. The van der Waals surface area contributed by atoms with Crippen LogP contribution in [0.4, 0.5) is 11.5 Å². The van der Waals surface area contributed by atoms with Gasteiger partial charge in [-0.25, -0.2) is 14.5 Å². The molecule has 0 spiro atoms. The van der Waals surface area contributed by atoms with Gasteiger partial charge < -0.3 is 20.5 Å². The zero-order valence-corrected chi connectivity index (χ0v) is 20.9. The number of aryl methyl sites for hydroxylation is 3. The first-order chi connectivity index (χ1) is 17.3. The molecule has 0 fully saturated rings. The van der Waals surface area contributed by atoms with Crippen LogP contribution in [0.5, 0.6) is 5.75 Å². The minimum atomic E-state index is -0.881. The monoisotopic (exact) mass is 485 g/mol. The molecule has 8 nitrogen and oxygen atoms in total. The van der Waals surface area contributed by atoms with Crippen LogP contribution in [0.3, 0.4) is 0 Å². The summed E-state index contributed by atoms with van der Waals surface area (Å²) in [5.41, 5.74) is 6.82. The van der Waals surface area contributed by atoms with Gasteiger partial charge in [-0.1, -0.05) is 29.8 Å². The van der Waals surface area contributed by atoms with E-state index < -0.39 is 12.0 Å². The van der Waals surface area contributed by atoms with E-state index in [4.69, 9.17) is 4.74 Å². The Morgan fingerprint density at radius 1 is 1.06 bits per heavy atom. The highest BCUT2D eigenvalue weighted by atomic mass is 16.5. The average Bonchev–Trinajstić information content (AvgIpc) is 3.33. The van der Waals surface area contributed by atoms with Crippen molar-refractivity contribution in [1.82, 2.24) is 14.8 Å². The summed E-state index contributed by atoms with van der Waals surface area (Å²) in [7, 11) is 1.62. The third kappa shape index (κ3) is 6.02. The van der Waals surface area contributed by atoms with Gasteiger partial charge in [0, 0.05) is 30.6 Å². The van der Waals surface area contributed by atoms with Crippen LogP contribution >= 0.6 is 0 Å². The maximum Gasteiger partial charge on any atom is 0.326 e. The van der Waals surface area contributed by atoms with E-state index in [0.29, 0.717) is 18.8 Å². The van der Waals surface area contributed by atoms with Crippen molar-refractivity contribution in [2.75, 3.05) is 17.7 Å². The molecule has 186 valence electrons. The van der Waals surface area contributed by atoms with Crippen LogP contribution < -0.4 is 15.4 Å². The molecule has 8 heteroatoms. The predicted molar refractivity (Wildman–Crippen MR) is 141 cm³/mol. The number of pyridine rings is 1. The molecule has 1 atom stereocenters. The van der Waals surface area contributed by atoms with Crippen LogP contribution in [0.1, 0.15) is 27.9 Å². The molecule has 0 amide bonds. The van der Waals surface area contributed by atoms with E-state index in [1.54, 1.807) is 24.1 Å². The predicted octanol–water partition coefficient (Wildman–Crippen LogP) is 4.92. The van der Waals surface area contributed by atoms with E-state index in [-0.39, 0.29) is 0 Å². The van der Waals surface area contributed by atoms with Crippen molar-refractivity contribution in [3.8, 4) is 11.4 Å². The van der Waals surface area contributed by atoms with E-state index in [2.05, 4.69) is 32.8 Å². The van der Waals surface area contributed by atoms with Crippen LogP contribution in [0.15, 0.2) is 67.0 Å². The van der Waals surface area contributed by atoms with Crippen molar-refractivity contribution in [3.05, 3.63) is 94.9 Å². The lowest BCUT2D eigenvalue weighted by atomic mass is 10.0. The first-order valence-corrected chi connectivity index (χ1v) is 11.8. The highest BCUT2D eigenvalue weighted by molar-refractivity contribution is 5.79. The van der Waals surface area contributed by atoms with Crippen LogP contribution in [0, 0.1) is 20.8 Å². The molecule has 36 heavy (non-hydrogen) atoms. The van der Waals surface area contributed by atoms with Gasteiger partial charge in [0.1, 0.15) is 17.6 Å². The maximum absolute atomic E-state index is 12.0. The number of ether oxygens (including phenoxy) is 1. The minimum absolute atomic E-state index is 0.365. The van der Waals surface area contributed by atoms with Crippen LogP contribution in [0.2, 0.25) is 0 Å².